The average Bonchev–Trinajstić information content (AvgIpc) is 2.88. The van der Waals surface area contributed by atoms with E-state index in [2.05, 4.69) is 38.3 Å². The van der Waals surface area contributed by atoms with Gasteiger partial charge in [0.05, 0.1) is 13.0 Å². The number of ether oxygens (including phenoxy) is 1. The van der Waals surface area contributed by atoms with Gasteiger partial charge in [-0.1, -0.05) is 122 Å². The van der Waals surface area contributed by atoms with Crippen LogP contribution in [-0.2, 0) is 28.7 Å². The maximum absolute atomic E-state index is 11.4. The normalized spacial score (nSPS) is 11.4. The molecular weight excluding hydrogens is 597 g/mol. The molecule has 0 bridgehead atoms. The van der Waals surface area contributed by atoms with E-state index < -0.39 is 0 Å². The van der Waals surface area contributed by atoms with Crippen molar-refractivity contribution in [2.24, 2.45) is 23.7 Å². The molecule has 0 spiro atoms. The summed E-state index contributed by atoms with van der Waals surface area (Å²) >= 11 is 5.24. The van der Waals surface area contributed by atoms with E-state index in [0.717, 1.165) is 11.5 Å². The van der Waals surface area contributed by atoms with Crippen molar-refractivity contribution in [1.82, 2.24) is 0 Å². The molecule has 0 radical (unpaired) electrons. The van der Waals surface area contributed by atoms with Crippen LogP contribution in [0.3, 0.4) is 0 Å². The Morgan fingerprint density at radius 3 is 1.10 bits per heavy atom. The highest BCUT2D eigenvalue weighted by Gasteiger charge is 2.16. The third-order valence-electron chi connectivity index (χ3n) is 4.66. The van der Waals surface area contributed by atoms with Gasteiger partial charge in [-0.05, 0) is 55.6 Å². The second-order valence-corrected chi connectivity index (χ2v) is 14.6. The second kappa shape index (κ2) is 27.6. The first kappa shape index (κ1) is 46.7. The van der Waals surface area contributed by atoms with Gasteiger partial charge in [0.15, 0.2) is 5.12 Å². The van der Waals surface area contributed by atoms with Crippen molar-refractivity contribution in [3.05, 3.63) is 36.5 Å². The van der Waals surface area contributed by atoms with E-state index in [1.54, 1.807) is 34.6 Å². The molecule has 2 unspecified atom stereocenters. The van der Waals surface area contributed by atoms with Gasteiger partial charge in [0.1, 0.15) is 0 Å². The molecule has 0 aromatic carbocycles. The van der Waals surface area contributed by atoms with Gasteiger partial charge in [-0.2, -0.15) is 0 Å². The summed E-state index contributed by atoms with van der Waals surface area (Å²) < 4.78 is 4.37. The van der Waals surface area contributed by atoms with Crippen molar-refractivity contribution >= 4 is 73.5 Å². The fourth-order valence-electron chi connectivity index (χ4n) is 1.78. The second-order valence-electron chi connectivity index (χ2n) is 10.3. The molecule has 0 amide bonds. The van der Waals surface area contributed by atoms with Gasteiger partial charge in [0.25, 0.3) is 0 Å². The lowest BCUT2D eigenvalue weighted by atomic mass is 10.0. The monoisotopic (exact) mass is 650 g/mol. The lowest BCUT2D eigenvalue weighted by Gasteiger charge is -2.18. The number of carbonyl (C=O) groups excluding carboxylic acids is 5. The highest BCUT2D eigenvalue weighted by molar-refractivity contribution is 8.15. The van der Waals surface area contributed by atoms with Crippen molar-refractivity contribution in [2.45, 2.75) is 81.4 Å². The third kappa shape index (κ3) is 31.5. The molecule has 0 rings (SSSR count). The SMILES string of the molecule is C=C(C)C(=O)SC(C)C.C=C(C)C(=O)SCC(C)C(C)CSC(=O)C(=C)C.COC(=O)C(C)C.CSC(=O)C(C)C. The summed E-state index contributed by atoms with van der Waals surface area (Å²) in [5.41, 5.74) is 1.81. The van der Waals surface area contributed by atoms with Crippen LogP contribution in [-0.4, -0.2) is 56.6 Å². The summed E-state index contributed by atoms with van der Waals surface area (Å²) in [5.74, 6) is 2.37. The predicted molar refractivity (Wildman–Crippen MR) is 186 cm³/mol. The van der Waals surface area contributed by atoms with Crippen LogP contribution in [0.5, 0.6) is 0 Å². The van der Waals surface area contributed by atoms with Crippen LogP contribution >= 0.6 is 47.0 Å². The van der Waals surface area contributed by atoms with Crippen LogP contribution < -0.4 is 0 Å². The molecule has 0 fully saturated rings. The van der Waals surface area contributed by atoms with Crippen molar-refractivity contribution in [3.8, 4) is 0 Å². The van der Waals surface area contributed by atoms with Gasteiger partial charge >= 0.3 is 5.97 Å². The summed E-state index contributed by atoms with van der Waals surface area (Å²) in [6.45, 7) is 31.6. The van der Waals surface area contributed by atoms with E-state index >= 15 is 0 Å². The van der Waals surface area contributed by atoms with E-state index in [9.17, 15) is 24.0 Å². The summed E-state index contributed by atoms with van der Waals surface area (Å²) in [5, 5.41) is 0.846. The van der Waals surface area contributed by atoms with Crippen molar-refractivity contribution in [1.29, 1.82) is 0 Å². The maximum atomic E-state index is 11.4. The predicted octanol–water partition coefficient (Wildman–Crippen LogP) is 8.51. The Hall–Kier alpha value is -1.23. The smallest absolute Gasteiger partial charge is 0.308 e. The molecule has 0 aliphatic heterocycles. The molecule has 10 heteroatoms. The Morgan fingerprint density at radius 2 is 0.976 bits per heavy atom. The summed E-state index contributed by atoms with van der Waals surface area (Å²) in [7, 11) is 1.39. The Bertz CT molecular complexity index is 809. The number of thioether (sulfide) groups is 4. The molecule has 238 valence electrons. The average molecular weight is 651 g/mol. The third-order valence-corrected chi connectivity index (χ3v) is 9.17. The fraction of sp³-hybridized carbons (Fsp3) is 0.645. The maximum Gasteiger partial charge on any atom is 0.308 e. The molecule has 0 aliphatic rings. The standard InChI is InChI=1S/C14H22O2S2.C7H12OS.C5H10O2.C5H10OS/c1-9(2)13(15)17-7-11(5)12(6)8-18-14(16)10(3)4;1-5(2)7(8)9-6(3)4;2*1-4(2)5(6)7-3/h11-12H,1,3,7-8H2,2,4-6H3;6H,1H2,2-4H3;2*4H,1-3H3. The van der Waals surface area contributed by atoms with E-state index in [1.807, 2.05) is 34.0 Å². The first-order valence-corrected chi connectivity index (χ1v) is 17.4. The number of rotatable bonds is 11. The quantitative estimate of drug-likeness (QED) is 0.160. The minimum atomic E-state index is -0.153. The number of esters is 1. The van der Waals surface area contributed by atoms with E-state index in [1.165, 1.54) is 54.2 Å². The number of methoxy groups -OCH3 is 1. The lowest BCUT2D eigenvalue weighted by molar-refractivity contribution is -0.144. The van der Waals surface area contributed by atoms with Crippen LogP contribution in [0.25, 0.3) is 0 Å². The van der Waals surface area contributed by atoms with Crippen LogP contribution in [0, 0.1) is 23.7 Å². The zero-order chi connectivity index (χ0) is 33.5. The van der Waals surface area contributed by atoms with Crippen molar-refractivity contribution in [2.75, 3.05) is 24.9 Å². The molecule has 0 saturated carbocycles. The first-order valence-electron chi connectivity index (χ1n) is 13.3. The molecule has 0 N–H and O–H groups in total. The van der Waals surface area contributed by atoms with Gasteiger partial charge < -0.3 is 4.74 Å². The Labute approximate surface area is 267 Å². The zero-order valence-electron chi connectivity index (χ0n) is 27.5. The fourth-order valence-corrected chi connectivity index (χ4v) is 4.85. The van der Waals surface area contributed by atoms with Gasteiger partial charge in [-0.25, -0.2) is 0 Å². The Morgan fingerprint density at radius 1 is 0.634 bits per heavy atom. The van der Waals surface area contributed by atoms with Gasteiger partial charge in [0.2, 0.25) is 15.3 Å². The van der Waals surface area contributed by atoms with E-state index in [0.29, 0.717) is 33.8 Å². The van der Waals surface area contributed by atoms with Crippen LogP contribution in [0.2, 0.25) is 0 Å². The lowest BCUT2D eigenvalue weighted by Crippen LogP contribution is -2.15. The van der Waals surface area contributed by atoms with Crippen LogP contribution in [0.15, 0.2) is 36.5 Å². The van der Waals surface area contributed by atoms with E-state index in [-0.39, 0.29) is 38.3 Å². The summed E-state index contributed by atoms with van der Waals surface area (Å²) in [6, 6.07) is 0. The Balaban J connectivity index is -0.000000248. The molecule has 41 heavy (non-hydrogen) atoms. The van der Waals surface area contributed by atoms with Crippen LogP contribution in [0.1, 0.15) is 76.2 Å². The summed E-state index contributed by atoms with van der Waals surface area (Å²) in [6.07, 6.45) is 1.81. The largest absolute Gasteiger partial charge is 0.469 e. The topological polar surface area (TPSA) is 94.6 Å². The number of hydrogen-bond acceptors (Lipinski definition) is 10. The highest BCUT2D eigenvalue weighted by Crippen LogP contribution is 2.23. The molecular formula is C31H54O6S4. The molecule has 0 aromatic heterocycles. The van der Waals surface area contributed by atoms with Gasteiger partial charge in [-0.3, -0.25) is 24.0 Å². The van der Waals surface area contributed by atoms with Gasteiger partial charge in [0, 0.05) is 22.7 Å². The number of carbonyl (C=O) groups is 5. The number of hydrogen-bond donors (Lipinski definition) is 0. The van der Waals surface area contributed by atoms with Gasteiger partial charge in [-0.15, -0.1) is 0 Å². The Kier molecular flexibility index (Phi) is 31.4. The minimum absolute atomic E-state index is 0.00463. The molecule has 0 aromatic rings. The molecule has 6 nitrogen and oxygen atoms in total. The molecule has 0 aliphatic carbocycles. The van der Waals surface area contributed by atoms with E-state index in [4.69, 9.17) is 0 Å². The molecule has 0 saturated heterocycles. The first-order chi connectivity index (χ1) is 18.6. The van der Waals surface area contributed by atoms with Crippen molar-refractivity contribution in [3.63, 3.8) is 0 Å². The highest BCUT2D eigenvalue weighted by atomic mass is 32.2. The zero-order valence-corrected chi connectivity index (χ0v) is 30.8. The van der Waals surface area contributed by atoms with Crippen molar-refractivity contribution < 1.29 is 28.7 Å². The minimum Gasteiger partial charge on any atom is -0.469 e. The van der Waals surface area contributed by atoms with Crippen LogP contribution in [0.4, 0.5) is 0 Å². The molecule has 0 heterocycles. The molecule has 2 atom stereocenters. The summed E-state index contributed by atoms with van der Waals surface area (Å²) in [4.78, 5) is 54.4.